The van der Waals surface area contributed by atoms with Crippen molar-refractivity contribution in [2.45, 2.75) is 51.6 Å². The molecule has 0 bridgehead atoms. The number of aliphatic hydroxyl groups is 1. The van der Waals surface area contributed by atoms with Crippen LogP contribution in [0.2, 0.25) is 0 Å². The Morgan fingerprint density at radius 3 is 1.62 bits per heavy atom. The van der Waals surface area contributed by atoms with Crippen LogP contribution in [0.1, 0.15) is 56.9 Å². The number of amides is 2. The summed E-state index contributed by atoms with van der Waals surface area (Å²) in [7, 11) is -8.34. The molecule has 6 N–H and O–H groups in total. The fourth-order valence-corrected chi connectivity index (χ4v) is 11.7. The minimum atomic E-state index is -5.22. The Bertz CT molecular complexity index is 4320. The molecule has 4 aromatic carbocycles. The number of halogens is 2. The number of carbonyl (C=O) groups excluding carboxylic acids is 4. The quantitative estimate of drug-likeness (QED) is 0.00558. The van der Waals surface area contributed by atoms with Gasteiger partial charge in [-0.05, 0) is 133 Å². The zero-order valence-corrected chi connectivity index (χ0v) is 52.4. The molecule has 0 radical (unpaired) electrons. The summed E-state index contributed by atoms with van der Waals surface area (Å²) < 4.78 is 89.4. The molecular weight excluding hydrogens is 1270 g/mol. The Morgan fingerprint density at radius 1 is 0.722 bits per heavy atom. The lowest BCUT2D eigenvalue weighted by Crippen LogP contribution is -2.21. The monoisotopic (exact) mass is 1320 g/mol. The van der Waals surface area contributed by atoms with Crippen LogP contribution in [-0.2, 0) is 39.9 Å². The topological polar surface area (TPSA) is 365 Å². The molecule has 0 fully saturated rings. The second kappa shape index (κ2) is 32.4. The number of nitrogens with one attached hydrogen (secondary N) is 4. The summed E-state index contributed by atoms with van der Waals surface area (Å²) in [4.78, 5) is 72.8. The highest BCUT2D eigenvalue weighted by atomic mass is 32.2. The first kappa shape index (κ1) is 69.2. The maximum absolute atomic E-state index is 14.0. The van der Waals surface area contributed by atoms with E-state index in [1.807, 2.05) is 38.7 Å². The van der Waals surface area contributed by atoms with Gasteiger partial charge in [-0.1, -0.05) is 23.9 Å². The number of nitrogens with zero attached hydrogens (tertiary/aromatic N) is 11. The van der Waals surface area contributed by atoms with E-state index in [0.717, 1.165) is 60.0 Å². The number of hydrogen-bond donors (Lipinski definition) is 6. The van der Waals surface area contributed by atoms with E-state index in [4.69, 9.17) is 24.2 Å². The van der Waals surface area contributed by atoms with Crippen LogP contribution in [-0.4, -0.2) is 108 Å². The first-order valence-electron chi connectivity index (χ1n) is 26.5. The van der Waals surface area contributed by atoms with E-state index >= 15 is 0 Å². The standard InChI is InChI=1S/C57H53F2N15O8S4.O3S/c1-8-73(9-2)38-18-20-44(69-71-53-43(31-60)50(86(80,81)82)49(85-53)30-42(33(6)77)52(79)63-37-17-13-15-35(59)25-37)46(26-38)64-55-66-56(68-57(67-55)83-23-22-75)65-47-27-39(74(10-3)11-4)19-21-45(47)70-72-54-48(61-7)29-40(84-54)28-41(32(5)76)51(78)62-36-16-12-14-34(58)24-36;1-4(2)3/h12-21,24-30,75H,8-11,22-23H2,1-6H3,(H,62,78)(H,63,79)(H,80,81,82)(H2,64,65,66,67,68);/b41-28+,42-30-,71-69?,72-70?;. The van der Waals surface area contributed by atoms with Crippen LogP contribution >= 0.6 is 34.4 Å². The van der Waals surface area contributed by atoms with Crippen molar-refractivity contribution in [3.63, 3.8) is 0 Å². The van der Waals surface area contributed by atoms with Crippen LogP contribution in [0.5, 0.6) is 0 Å². The molecule has 7 aromatic rings. The molecule has 3 aromatic heterocycles. The van der Waals surface area contributed by atoms with Gasteiger partial charge >= 0.3 is 10.6 Å². The van der Waals surface area contributed by atoms with Gasteiger partial charge in [-0.3, -0.25) is 23.7 Å². The molecule has 0 unspecified atom stereocenters. The molecular formula is C57H53F2N15O11S5. The smallest absolute Gasteiger partial charge is 0.396 e. The van der Waals surface area contributed by atoms with Crippen LogP contribution < -0.4 is 31.1 Å². The lowest BCUT2D eigenvalue weighted by atomic mass is 10.1. The van der Waals surface area contributed by atoms with Gasteiger partial charge in [0.2, 0.25) is 17.6 Å². The average Bonchev–Trinajstić information content (AvgIpc) is 1.73. The van der Waals surface area contributed by atoms with Gasteiger partial charge < -0.3 is 36.2 Å². The van der Waals surface area contributed by atoms with Gasteiger partial charge in [0, 0.05) is 59.6 Å². The number of carbonyl (C=O) groups is 4. The molecule has 33 heteroatoms. The molecule has 0 saturated carbocycles. The fraction of sp³-hybridized carbons (Fsp3) is 0.211. The summed E-state index contributed by atoms with van der Waals surface area (Å²) in [6.07, 6.45) is 2.19. The predicted molar refractivity (Wildman–Crippen MR) is 339 cm³/mol. The van der Waals surface area contributed by atoms with E-state index in [0.29, 0.717) is 53.8 Å². The highest BCUT2D eigenvalue weighted by Crippen LogP contribution is 2.44. The minimum Gasteiger partial charge on any atom is -0.396 e. The number of azo groups is 2. The zero-order valence-electron chi connectivity index (χ0n) is 48.3. The van der Waals surface area contributed by atoms with Gasteiger partial charge in [0.05, 0.1) is 40.6 Å². The van der Waals surface area contributed by atoms with Crippen LogP contribution in [0, 0.1) is 29.5 Å². The normalized spacial score (nSPS) is 11.5. The fourth-order valence-electron chi connectivity index (χ4n) is 8.11. The van der Waals surface area contributed by atoms with E-state index in [-0.39, 0.29) is 79.1 Å². The molecule has 0 aliphatic heterocycles. The molecule has 0 aliphatic rings. The number of nitriles is 1. The number of aromatic nitrogens is 3. The molecule has 3 heterocycles. The lowest BCUT2D eigenvalue weighted by molar-refractivity contribution is -0.120. The SMILES string of the molecule is O=S(=O)=O.[C-]#[N+]c1cc(/C=C(\C(C)=O)C(=O)Nc2cccc(F)c2)sc1N=Nc1ccc(N(CC)CC)cc1Nc1nc(Nc2cc(N(CC)CC)ccc2N=Nc2sc(/C=C(/C(C)=O)C(=O)Nc3cccc(F)c3)c(S(=O)(=O)O)c2C#N)nc(SCCO)n1. The number of hydrogen-bond acceptors (Lipinski definition) is 25. The van der Waals surface area contributed by atoms with Gasteiger partial charge in [-0.25, -0.2) is 13.6 Å². The van der Waals surface area contributed by atoms with E-state index in [1.165, 1.54) is 49.4 Å². The van der Waals surface area contributed by atoms with Crippen LogP contribution in [0.3, 0.4) is 0 Å². The van der Waals surface area contributed by atoms with Crippen molar-refractivity contribution in [2.75, 3.05) is 69.6 Å². The number of ketones is 2. The van der Waals surface area contributed by atoms with Gasteiger partial charge in [0.15, 0.2) is 21.7 Å². The molecule has 0 atom stereocenters. The molecule has 0 spiro atoms. The summed E-state index contributed by atoms with van der Waals surface area (Å²) in [5.41, 5.74) is 1.16. The Morgan fingerprint density at radius 2 is 1.20 bits per heavy atom. The molecule has 7 rings (SSSR count). The second-order valence-corrected chi connectivity index (χ2v) is 23.0. The Labute approximate surface area is 527 Å². The van der Waals surface area contributed by atoms with Gasteiger partial charge in [0.25, 0.3) is 21.9 Å². The van der Waals surface area contributed by atoms with Crippen molar-refractivity contribution >= 4 is 164 Å². The highest BCUT2D eigenvalue weighted by molar-refractivity contribution is 7.99. The van der Waals surface area contributed by atoms with Crippen molar-refractivity contribution < 1.29 is 58.7 Å². The summed E-state index contributed by atoms with van der Waals surface area (Å²) in [5.74, 6) is -4.38. The maximum Gasteiger partial charge on any atom is 0.425 e. The van der Waals surface area contributed by atoms with E-state index < -0.39 is 76.7 Å². The third-order valence-corrected chi connectivity index (χ3v) is 16.1. The number of anilines is 8. The molecule has 466 valence electrons. The minimum absolute atomic E-state index is 0.0112. The van der Waals surface area contributed by atoms with Gasteiger partial charge in [-0.2, -0.15) is 33.7 Å². The lowest BCUT2D eigenvalue weighted by Gasteiger charge is -2.22. The molecule has 26 nitrogen and oxygen atoms in total. The Balaban J connectivity index is 0.00000313. The summed E-state index contributed by atoms with van der Waals surface area (Å²) >= 11 is 2.63. The number of benzene rings is 4. The first-order valence-corrected chi connectivity index (χ1v) is 31.5. The third-order valence-electron chi connectivity index (χ3n) is 12.2. The number of Topliss-reactive ketones (excluding diaryl/α,β-unsaturated/α-hetero) is 2. The van der Waals surface area contributed by atoms with E-state index in [2.05, 4.69) is 61.4 Å². The van der Waals surface area contributed by atoms with Gasteiger partial charge in [-0.15, -0.1) is 50.6 Å². The van der Waals surface area contributed by atoms with Crippen molar-refractivity contribution in [3.8, 4) is 6.07 Å². The van der Waals surface area contributed by atoms with Crippen molar-refractivity contribution in [2.24, 2.45) is 20.5 Å². The molecule has 90 heavy (non-hydrogen) atoms. The molecule has 0 aliphatic carbocycles. The summed E-state index contributed by atoms with van der Waals surface area (Å²) in [6, 6.07) is 23.6. The Kier molecular flexibility index (Phi) is 24.9. The first-order chi connectivity index (χ1) is 42.9. The Hall–Kier alpha value is -9.87. The highest BCUT2D eigenvalue weighted by Gasteiger charge is 2.29. The van der Waals surface area contributed by atoms with Crippen LogP contribution in [0.4, 0.5) is 81.9 Å². The van der Waals surface area contributed by atoms with Crippen LogP contribution in [0.25, 0.3) is 17.0 Å². The number of rotatable bonds is 26. The summed E-state index contributed by atoms with van der Waals surface area (Å²) in [5, 5.41) is 49.1. The van der Waals surface area contributed by atoms with Crippen LogP contribution in [0.15, 0.2) is 133 Å². The maximum atomic E-state index is 14.0. The van der Waals surface area contributed by atoms with Crippen molar-refractivity contribution in [1.82, 2.24) is 15.0 Å². The number of thioether (sulfide) groups is 1. The van der Waals surface area contributed by atoms with E-state index in [9.17, 15) is 51.3 Å². The zero-order chi connectivity index (χ0) is 65.8. The molecule has 2 amide bonds. The van der Waals surface area contributed by atoms with Crippen molar-refractivity contribution in [3.05, 3.63) is 141 Å². The van der Waals surface area contributed by atoms with Gasteiger partial charge in [0.1, 0.15) is 44.5 Å². The van der Waals surface area contributed by atoms with E-state index in [1.54, 1.807) is 36.4 Å². The second-order valence-electron chi connectivity index (χ2n) is 18.1. The predicted octanol–water partition coefficient (Wildman–Crippen LogP) is 12.3. The van der Waals surface area contributed by atoms with Crippen molar-refractivity contribution in [1.29, 1.82) is 5.26 Å². The number of aliphatic hydroxyl groups excluding tert-OH is 1. The third kappa shape index (κ3) is 19.1. The molecule has 0 saturated heterocycles. The number of thiophene rings is 2. The summed E-state index contributed by atoms with van der Waals surface area (Å²) in [6.45, 7) is 20.2. The largest absolute Gasteiger partial charge is 0.425 e. The average molecular weight is 1320 g/mol.